The Labute approximate surface area is 120 Å². The summed E-state index contributed by atoms with van der Waals surface area (Å²) in [6, 6.07) is 4.94. The average molecular weight is 297 g/mol. The summed E-state index contributed by atoms with van der Waals surface area (Å²) >= 11 is 5.39. The van der Waals surface area contributed by atoms with Gasteiger partial charge in [-0.3, -0.25) is 4.39 Å². The van der Waals surface area contributed by atoms with E-state index >= 15 is 0 Å². The van der Waals surface area contributed by atoms with Crippen LogP contribution in [0.15, 0.2) is 24.5 Å². The van der Waals surface area contributed by atoms with Crippen molar-refractivity contribution in [1.29, 1.82) is 0 Å². The first-order chi connectivity index (χ1) is 9.67. The number of halogens is 2. The van der Waals surface area contributed by atoms with Crippen molar-refractivity contribution in [2.24, 2.45) is 5.41 Å². The quantitative estimate of drug-likeness (QED) is 0.629. The first kappa shape index (κ1) is 13.4. The van der Waals surface area contributed by atoms with Gasteiger partial charge in [-0.25, -0.2) is 9.78 Å². The smallest absolute Gasteiger partial charge is 0.339 e. The van der Waals surface area contributed by atoms with Crippen LogP contribution in [0, 0.1) is 5.41 Å². The van der Waals surface area contributed by atoms with E-state index in [1.807, 2.05) is 4.57 Å². The van der Waals surface area contributed by atoms with Crippen molar-refractivity contribution in [1.82, 2.24) is 9.55 Å². The van der Waals surface area contributed by atoms with Gasteiger partial charge in [-0.1, -0.05) is 11.6 Å². The lowest BCUT2D eigenvalue weighted by Gasteiger charge is -2.12. The molecule has 0 amide bonds. The lowest BCUT2D eigenvalue weighted by atomic mass is 10.1. The van der Waals surface area contributed by atoms with E-state index in [2.05, 4.69) is 4.98 Å². The molecule has 20 heavy (non-hydrogen) atoms. The highest BCUT2D eigenvalue weighted by molar-refractivity contribution is 6.17. The lowest BCUT2D eigenvalue weighted by Crippen LogP contribution is -2.13. The van der Waals surface area contributed by atoms with E-state index in [1.54, 1.807) is 24.5 Å². The molecule has 1 aromatic heterocycles. The Bertz CT molecular complexity index is 652. The summed E-state index contributed by atoms with van der Waals surface area (Å²) < 4.78 is 19.7. The number of rotatable bonds is 5. The van der Waals surface area contributed by atoms with Gasteiger partial charge in [-0.15, -0.1) is 0 Å². The molecule has 0 atom stereocenters. The first-order valence-electron chi connectivity index (χ1n) is 6.41. The molecule has 1 saturated carbocycles. The maximum absolute atomic E-state index is 13.0. The molecule has 0 N–H and O–H groups in total. The number of imidazole rings is 1. The van der Waals surface area contributed by atoms with Gasteiger partial charge < -0.3 is 9.30 Å². The number of alkyl halides is 2. The van der Waals surface area contributed by atoms with Crippen LogP contribution >= 0.6 is 11.6 Å². The van der Waals surface area contributed by atoms with Crippen LogP contribution in [0.25, 0.3) is 11.0 Å². The van der Waals surface area contributed by atoms with E-state index in [0.717, 1.165) is 23.9 Å². The number of carbonyl (C=O) groups is 1. The van der Waals surface area contributed by atoms with E-state index in [1.165, 1.54) is 0 Å². The molecule has 0 radical (unpaired) electrons. The standard InChI is InChI=1S/C14H14ClFN2O2/c15-8-20-13(19)10-1-2-11-12(5-10)18(9-17-11)7-14(6-16)3-4-14/h1-2,5,9H,3-4,6-8H2. The van der Waals surface area contributed by atoms with Crippen LogP contribution in [-0.2, 0) is 11.3 Å². The zero-order chi connectivity index (χ0) is 14.2. The molecule has 0 bridgehead atoms. The highest BCUT2D eigenvalue weighted by Gasteiger charge is 2.43. The predicted octanol–water partition coefficient (Wildman–Crippen LogP) is 3.14. The van der Waals surface area contributed by atoms with Crippen LogP contribution < -0.4 is 0 Å². The summed E-state index contributed by atoms with van der Waals surface area (Å²) in [4.78, 5) is 16.0. The van der Waals surface area contributed by atoms with E-state index < -0.39 is 5.97 Å². The van der Waals surface area contributed by atoms with Crippen molar-refractivity contribution < 1.29 is 13.9 Å². The van der Waals surface area contributed by atoms with Crippen molar-refractivity contribution in [3.8, 4) is 0 Å². The molecule has 1 fully saturated rings. The largest absolute Gasteiger partial charge is 0.446 e. The topological polar surface area (TPSA) is 44.1 Å². The van der Waals surface area contributed by atoms with Gasteiger partial charge in [0.05, 0.1) is 29.6 Å². The van der Waals surface area contributed by atoms with E-state index in [-0.39, 0.29) is 18.2 Å². The molecular formula is C14H14ClFN2O2. The summed E-state index contributed by atoms with van der Waals surface area (Å²) in [6.45, 7) is 0.272. The molecule has 1 aromatic carbocycles. The Morgan fingerprint density at radius 1 is 1.50 bits per heavy atom. The third kappa shape index (κ3) is 2.38. The van der Waals surface area contributed by atoms with Crippen LogP contribution in [0.2, 0.25) is 0 Å². The summed E-state index contributed by atoms with van der Waals surface area (Å²) in [5.74, 6) is -0.471. The van der Waals surface area contributed by atoms with E-state index in [4.69, 9.17) is 16.3 Å². The summed E-state index contributed by atoms with van der Waals surface area (Å²) in [7, 11) is 0. The Kier molecular flexibility index (Phi) is 3.38. The highest BCUT2D eigenvalue weighted by atomic mass is 35.5. The molecule has 1 aliphatic rings. The van der Waals surface area contributed by atoms with Crippen LogP contribution in [0.1, 0.15) is 23.2 Å². The fourth-order valence-electron chi connectivity index (χ4n) is 2.31. The van der Waals surface area contributed by atoms with Crippen molar-refractivity contribution in [2.45, 2.75) is 19.4 Å². The SMILES string of the molecule is O=C(OCCl)c1ccc2ncn(CC3(CF)CC3)c2c1. The molecule has 0 saturated heterocycles. The maximum atomic E-state index is 13.0. The van der Waals surface area contributed by atoms with Crippen LogP contribution in [0.3, 0.4) is 0 Å². The third-order valence-electron chi connectivity index (χ3n) is 3.79. The van der Waals surface area contributed by atoms with Crippen molar-refractivity contribution >= 4 is 28.6 Å². The molecule has 0 unspecified atom stereocenters. The summed E-state index contributed by atoms with van der Waals surface area (Å²) in [5, 5.41) is 0. The average Bonchev–Trinajstić information content (AvgIpc) is 3.13. The predicted molar refractivity (Wildman–Crippen MR) is 73.5 cm³/mol. The Balaban J connectivity index is 1.93. The summed E-state index contributed by atoms with van der Waals surface area (Å²) in [6.07, 6.45) is 3.49. The number of nitrogens with zero attached hydrogens (tertiary/aromatic N) is 2. The third-order valence-corrected chi connectivity index (χ3v) is 3.90. The Hall–Kier alpha value is -1.62. The van der Waals surface area contributed by atoms with E-state index in [9.17, 15) is 9.18 Å². The second kappa shape index (κ2) is 5.05. The second-order valence-corrected chi connectivity index (χ2v) is 5.47. The molecule has 4 nitrogen and oxygen atoms in total. The number of hydrogen-bond donors (Lipinski definition) is 0. The first-order valence-corrected chi connectivity index (χ1v) is 6.95. The second-order valence-electron chi connectivity index (χ2n) is 5.25. The van der Waals surface area contributed by atoms with Gasteiger partial charge in [-0.05, 0) is 31.0 Å². The van der Waals surface area contributed by atoms with Gasteiger partial charge in [0.25, 0.3) is 0 Å². The molecule has 1 heterocycles. The van der Waals surface area contributed by atoms with Gasteiger partial charge in [0, 0.05) is 12.0 Å². The van der Waals surface area contributed by atoms with Gasteiger partial charge in [0.15, 0.2) is 6.07 Å². The zero-order valence-electron chi connectivity index (χ0n) is 10.8. The normalized spacial score (nSPS) is 16.3. The van der Waals surface area contributed by atoms with Gasteiger partial charge >= 0.3 is 5.97 Å². The van der Waals surface area contributed by atoms with Crippen molar-refractivity contribution in [3.05, 3.63) is 30.1 Å². The minimum absolute atomic E-state index is 0.179. The number of fused-ring (bicyclic) bond motifs is 1. The number of benzene rings is 1. The molecule has 106 valence electrons. The number of carbonyl (C=O) groups excluding carboxylic acids is 1. The van der Waals surface area contributed by atoms with Gasteiger partial charge in [-0.2, -0.15) is 0 Å². The van der Waals surface area contributed by atoms with Crippen molar-refractivity contribution in [3.63, 3.8) is 0 Å². The molecule has 0 aliphatic heterocycles. The number of ether oxygens (including phenoxy) is 1. The molecule has 3 rings (SSSR count). The molecule has 1 aliphatic carbocycles. The van der Waals surface area contributed by atoms with Gasteiger partial charge in [0.2, 0.25) is 0 Å². The molecule has 0 spiro atoms. The number of aromatic nitrogens is 2. The number of esters is 1. The van der Waals surface area contributed by atoms with Crippen LogP contribution in [0.4, 0.5) is 4.39 Å². The molecular weight excluding hydrogens is 283 g/mol. The Morgan fingerprint density at radius 3 is 2.95 bits per heavy atom. The van der Waals surface area contributed by atoms with Crippen LogP contribution in [-0.4, -0.2) is 28.3 Å². The maximum Gasteiger partial charge on any atom is 0.339 e. The Morgan fingerprint density at radius 2 is 2.30 bits per heavy atom. The van der Waals surface area contributed by atoms with E-state index in [0.29, 0.717) is 12.1 Å². The highest BCUT2D eigenvalue weighted by Crippen LogP contribution is 2.47. The molecule has 2 aromatic rings. The monoisotopic (exact) mass is 296 g/mol. The zero-order valence-corrected chi connectivity index (χ0v) is 11.6. The van der Waals surface area contributed by atoms with Crippen molar-refractivity contribution in [2.75, 3.05) is 12.7 Å². The summed E-state index contributed by atoms with van der Waals surface area (Å²) in [5.41, 5.74) is 1.78. The molecule has 6 heteroatoms. The van der Waals surface area contributed by atoms with Crippen LogP contribution in [0.5, 0.6) is 0 Å². The minimum Gasteiger partial charge on any atom is -0.446 e. The number of hydrogen-bond acceptors (Lipinski definition) is 3. The van der Waals surface area contributed by atoms with Gasteiger partial charge in [0.1, 0.15) is 0 Å². The fraction of sp³-hybridized carbons (Fsp3) is 0.429. The fourth-order valence-corrected chi connectivity index (χ4v) is 2.41. The lowest BCUT2D eigenvalue weighted by molar-refractivity contribution is 0.0574. The minimum atomic E-state index is -0.471.